The molecule has 2 rings (SSSR count). The minimum Gasteiger partial charge on any atom is -0.396 e. The highest BCUT2D eigenvalue weighted by Gasteiger charge is 2.25. The number of non-ortho nitro benzene ring substituents is 1. The van der Waals surface area contributed by atoms with E-state index in [1.54, 1.807) is 0 Å². The van der Waals surface area contributed by atoms with E-state index in [-0.39, 0.29) is 30.3 Å². The number of nitro groups is 1. The van der Waals surface area contributed by atoms with Crippen LogP contribution in [0, 0.1) is 16.0 Å². The molecule has 0 aromatic heterocycles. The maximum Gasteiger partial charge on any atom is 0.319 e. The predicted octanol–water partition coefficient (Wildman–Crippen LogP) is 2.27. The average molecular weight is 293 g/mol. The lowest BCUT2D eigenvalue weighted by Gasteiger charge is -2.30. The number of aliphatic hydroxyl groups excluding tert-OH is 1. The Bertz CT molecular complexity index is 503. The fraction of sp³-hybridized carbons (Fsp3) is 0.500. The highest BCUT2D eigenvalue weighted by molar-refractivity contribution is 5.89. The molecule has 0 unspecified atom stereocenters. The summed E-state index contributed by atoms with van der Waals surface area (Å²) in [7, 11) is 0. The number of amides is 2. The van der Waals surface area contributed by atoms with Gasteiger partial charge in [-0.25, -0.2) is 4.79 Å². The summed E-state index contributed by atoms with van der Waals surface area (Å²) in [5.74, 6) is 0.0985. The van der Waals surface area contributed by atoms with Crippen molar-refractivity contribution in [1.29, 1.82) is 0 Å². The van der Waals surface area contributed by atoms with E-state index in [1.165, 1.54) is 24.3 Å². The first kappa shape index (κ1) is 15.2. The summed E-state index contributed by atoms with van der Waals surface area (Å²) in [4.78, 5) is 22.0. The second kappa shape index (κ2) is 7.03. The Balaban J connectivity index is 1.90. The largest absolute Gasteiger partial charge is 0.396 e. The summed E-state index contributed by atoms with van der Waals surface area (Å²) >= 11 is 0. The summed E-state index contributed by atoms with van der Waals surface area (Å²) in [5, 5.41) is 25.4. The molecule has 0 aliphatic heterocycles. The first-order chi connectivity index (χ1) is 10.1. The van der Waals surface area contributed by atoms with Gasteiger partial charge < -0.3 is 15.7 Å². The molecule has 1 aromatic carbocycles. The summed E-state index contributed by atoms with van der Waals surface area (Å²) in [5.41, 5.74) is 0.475. The number of anilines is 1. The molecule has 2 atom stereocenters. The van der Waals surface area contributed by atoms with Crippen LogP contribution in [0.5, 0.6) is 0 Å². The molecular weight excluding hydrogens is 274 g/mol. The van der Waals surface area contributed by atoms with Gasteiger partial charge in [-0.15, -0.1) is 0 Å². The van der Waals surface area contributed by atoms with Crippen molar-refractivity contribution in [3.63, 3.8) is 0 Å². The number of nitrogens with zero attached hydrogens (tertiary/aromatic N) is 1. The van der Waals surface area contributed by atoms with E-state index < -0.39 is 4.92 Å². The fourth-order valence-electron chi connectivity index (χ4n) is 2.62. The van der Waals surface area contributed by atoms with Gasteiger partial charge in [0.25, 0.3) is 5.69 Å². The zero-order valence-corrected chi connectivity index (χ0v) is 11.6. The Morgan fingerprint density at radius 3 is 2.57 bits per heavy atom. The second-order valence-corrected chi connectivity index (χ2v) is 5.24. The van der Waals surface area contributed by atoms with Gasteiger partial charge in [0, 0.05) is 36.4 Å². The summed E-state index contributed by atoms with van der Waals surface area (Å²) in [6, 6.07) is 5.28. The van der Waals surface area contributed by atoms with Crippen LogP contribution >= 0.6 is 0 Å². The Morgan fingerprint density at radius 1 is 1.29 bits per heavy atom. The van der Waals surface area contributed by atoms with Crippen molar-refractivity contribution < 1.29 is 14.8 Å². The summed E-state index contributed by atoms with van der Waals surface area (Å²) in [6.07, 6.45) is 3.89. The van der Waals surface area contributed by atoms with E-state index in [9.17, 15) is 20.0 Å². The van der Waals surface area contributed by atoms with E-state index in [4.69, 9.17) is 0 Å². The highest BCUT2D eigenvalue weighted by Crippen LogP contribution is 2.24. The van der Waals surface area contributed by atoms with Gasteiger partial charge in [-0.2, -0.15) is 0 Å². The molecule has 0 radical (unpaired) electrons. The number of rotatable bonds is 4. The van der Waals surface area contributed by atoms with Crippen LogP contribution in [0.2, 0.25) is 0 Å². The maximum absolute atomic E-state index is 11.9. The number of benzene rings is 1. The predicted molar refractivity (Wildman–Crippen MR) is 78.1 cm³/mol. The zero-order valence-electron chi connectivity index (χ0n) is 11.6. The van der Waals surface area contributed by atoms with E-state index in [1.807, 2.05) is 0 Å². The smallest absolute Gasteiger partial charge is 0.319 e. The lowest BCUT2D eigenvalue weighted by Crippen LogP contribution is -2.45. The van der Waals surface area contributed by atoms with Crippen LogP contribution in [-0.2, 0) is 0 Å². The molecule has 1 aliphatic rings. The van der Waals surface area contributed by atoms with Gasteiger partial charge in [-0.3, -0.25) is 10.1 Å². The monoisotopic (exact) mass is 293 g/mol. The molecule has 0 spiro atoms. The molecule has 0 saturated heterocycles. The van der Waals surface area contributed by atoms with Gasteiger partial charge in [0.1, 0.15) is 0 Å². The van der Waals surface area contributed by atoms with Gasteiger partial charge in [-0.1, -0.05) is 12.8 Å². The van der Waals surface area contributed by atoms with E-state index in [0.29, 0.717) is 5.69 Å². The Morgan fingerprint density at radius 2 is 1.95 bits per heavy atom. The van der Waals surface area contributed by atoms with Crippen LogP contribution < -0.4 is 10.6 Å². The SMILES string of the molecule is O=C(Nc1ccc([N+](=O)[O-])cc1)N[C@@H]1CCCC[C@@H]1CO. The van der Waals surface area contributed by atoms with Crippen LogP contribution in [0.1, 0.15) is 25.7 Å². The number of hydrogen-bond donors (Lipinski definition) is 3. The van der Waals surface area contributed by atoms with Crippen LogP contribution in [0.15, 0.2) is 24.3 Å². The standard InChI is InChI=1S/C14H19N3O4/c18-9-10-3-1-2-4-13(10)16-14(19)15-11-5-7-12(8-6-11)17(20)21/h5-8,10,13,18H,1-4,9H2,(H2,15,16,19)/t10-,13-/m1/s1. The molecular formula is C14H19N3O4. The van der Waals surface area contributed by atoms with Crippen molar-refractivity contribution >= 4 is 17.4 Å². The van der Waals surface area contributed by atoms with E-state index in [0.717, 1.165) is 25.7 Å². The van der Waals surface area contributed by atoms with Crippen molar-refractivity contribution in [1.82, 2.24) is 5.32 Å². The molecule has 1 fully saturated rings. The molecule has 2 amide bonds. The number of nitrogens with one attached hydrogen (secondary N) is 2. The van der Waals surface area contributed by atoms with Crippen molar-refractivity contribution in [3.05, 3.63) is 34.4 Å². The van der Waals surface area contributed by atoms with Crippen molar-refractivity contribution in [2.24, 2.45) is 5.92 Å². The molecule has 1 aromatic rings. The van der Waals surface area contributed by atoms with Crippen molar-refractivity contribution in [2.75, 3.05) is 11.9 Å². The number of hydrogen-bond acceptors (Lipinski definition) is 4. The molecule has 0 bridgehead atoms. The topological polar surface area (TPSA) is 104 Å². The number of carbonyl (C=O) groups is 1. The molecule has 114 valence electrons. The van der Waals surface area contributed by atoms with Crippen molar-refractivity contribution in [3.8, 4) is 0 Å². The molecule has 7 heteroatoms. The van der Waals surface area contributed by atoms with Crippen LogP contribution in [0.4, 0.5) is 16.2 Å². The van der Waals surface area contributed by atoms with E-state index in [2.05, 4.69) is 10.6 Å². The maximum atomic E-state index is 11.9. The second-order valence-electron chi connectivity index (χ2n) is 5.24. The van der Waals surface area contributed by atoms with Gasteiger partial charge >= 0.3 is 6.03 Å². The number of urea groups is 1. The highest BCUT2D eigenvalue weighted by atomic mass is 16.6. The fourth-order valence-corrected chi connectivity index (χ4v) is 2.62. The summed E-state index contributed by atoms with van der Waals surface area (Å²) < 4.78 is 0. The molecule has 1 saturated carbocycles. The third-order valence-corrected chi connectivity index (χ3v) is 3.80. The average Bonchev–Trinajstić information content (AvgIpc) is 2.48. The minimum atomic E-state index is -0.488. The quantitative estimate of drug-likeness (QED) is 0.585. The zero-order chi connectivity index (χ0) is 15.2. The Labute approximate surface area is 122 Å². The molecule has 0 heterocycles. The van der Waals surface area contributed by atoms with Gasteiger partial charge in [0.15, 0.2) is 0 Å². The van der Waals surface area contributed by atoms with Crippen LogP contribution in [-0.4, -0.2) is 28.7 Å². The first-order valence-corrected chi connectivity index (χ1v) is 7.03. The molecule has 3 N–H and O–H groups in total. The molecule has 21 heavy (non-hydrogen) atoms. The van der Waals surface area contributed by atoms with Gasteiger partial charge in [0.2, 0.25) is 0 Å². The van der Waals surface area contributed by atoms with E-state index >= 15 is 0 Å². The molecule has 7 nitrogen and oxygen atoms in total. The van der Waals surface area contributed by atoms with Crippen molar-refractivity contribution in [2.45, 2.75) is 31.7 Å². The summed E-state index contributed by atoms with van der Waals surface area (Å²) in [6.45, 7) is 0.0719. The first-order valence-electron chi connectivity index (χ1n) is 7.03. The number of carbonyl (C=O) groups excluding carboxylic acids is 1. The van der Waals surface area contributed by atoms with Crippen LogP contribution in [0.3, 0.4) is 0 Å². The Kier molecular flexibility index (Phi) is 5.10. The van der Waals surface area contributed by atoms with Gasteiger partial charge in [0.05, 0.1) is 4.92 Å². The Hall–Kier alpha value is -2.15. The number of nitro benzene ring substituents is 1. The third-order valence-electron chi connectivity index (χ3n) is 3.80. The lowest BCUT2D eigenvalue weighted by atomic mass is 9.85. The van der Waals surface area contributed by atoms with Gasteiger partial charge in [-0.05, 0) is 25.0 Å². The minimum absolute atomic E-state index is 0.0198. The number of aliphatic hydroxyl groups is 1. The van der Waals surface area contributed by atoms with Crippen LogP contribution in [0.25, 0.3) is 0 Å². The molecule has 1 aliphatic carbocycles. The normalized spacial score (nSPS) is 21.6. The lowest BCUT2D eigenvalue weighted by molar-refractivity contribution is -0.384. The third kappa shape index (κ3) is 4.16.